The molecule has 1 atom stereocenters. The standard InChI is InChI=1S/C26H21N3O2S/c1-18-12-14-21(15-13-18)29-25(31)23(16-19-8-4-2-5-9-19)32-26(29)22(17-27)24(30)28-20-10-6-3-7-11-20/h2-15,23H,16H2,1H3,(H,28,30)/b26-22+/t23-/m1/s1. The molecular weight excluding hydrogens is 418 g/mol. The second-order valence-corrected chi connectivity index (χ2v) is 8.61. The number of para-hydroxylation sites is 1. The van der Waals surface area contributed by atoms with Crippen LogP contribution in [0.15, 0.2) is 95.5 Å². The van der Waals surface area contributed by atoms with E-state index in [2.05, 4.69) is 5.32 Å². The number of carbonyl (C=O) groups excluding carboxylic acids is 2. The van der Waals surface area contributed by atoms with Gasteiger partial charge >= 0.3 is 0 Å². The molecule has 1 N–H and O–H groups in total. The minimum Gasteiger partial charge on any atom is -0.321 e. The second-order valence-electron chi connectivity index (χ2n) is 7.42. The summed E-state index contributed by atoms with van der Waals surface area (Å²) >= 11 is 1.26. The van der Waals surface area contributed by atoms with Crippen LogP contribution in [0, 0.1) is 18.3 Å². The van der Waals surface area contributed by atoms with Crippen molar-refractivity contribution in [3.8, 4) is 6.07 Å². The lowest BCUT2D eigenvalue weighted by Crippen LogP contribution is -2.30. The number of anilines is 2. The van der Waals surface area contributed by atoms with Crippen LogP contribution in [0.1, 0.15) is 11.1 Å². The Morgan fingerprint density at radius 2 is 1.62 bits per heavy atom. The van der Waals surface area contributed by atoms with Gasteiger partial charge in [-0.3, -0.25) is 14.5 Å². The number of hydrogen-bond donors (Lipinski definition) is 1. The maximum Gasteiger partial charge on any atom is 0.269 e. The molecule has 0 saturated carbocycles. The van der Waals surface area contributed by atoms with Crippen molar-refractivity contribution in [3.63, 3.8) is 0 Å². The summed E-state index contributed by atoms with van der Waals surface area (Å²) in [4.78, 5) is 27.9. The Hall–Kier alpha value is -3.82. The van der Waals surface area contributed by atoms with Crippen molar-refractivity contribution in [2.75, 3.05) is 10.2 Å². The van der Waals surface area contributed by atoms with Gasteiger partial charge < -0.3 is 5.32 Å². The molecule has 0 spiro atoms. The van der Waals surface area contributed by atoms with Gasteiger partial charge in [0.05, 0.1) is 5.25 Å². The zero-order chi connectivity index (χ0) is 22.5. The largest absolute Gasteiger partial charge is 0.321 e. The number of nitrogens with zero attached hydrogens (tertiary/aromatic N) is 2. The normalized spacial score (nSPS) is 17.1. The summed E-state index contributed by atoms with van der Waals surface area (Å²) < 4.78 is 0. The number of rotatable bonds is 5. The predicted octanol–water partition coefficient (Wildman–Crippen LogP) is 5.06. The van der Waals surface area contributed by atoms with E-state index in [4.69, 9.17) is 0 Å². The lowest BCUT2D eigenvalue weighted by molar-refractivity contribution is -0.117. The third-order valence-electron chi connectivity index (χ3n) is 5.09. The van der Waals surface area contributed by atoms with E-state index in [1.54, 1.807) is 24.3 Å². The van der Waals surface area contributed by atoms with E-state index in [0.29, 0.717) is 22.8 Å². The number of benzene rings is 3. The minimum atomic E-state index is -0.536. The number of thioether (sulfide) groups is 1. The van der Waals surface area contributed by atoms with Crippen molar-refractivity contribution in [3.05, 3.63) is 107 Å². The van der Waals surface area contributed by atoms with Crippen LogP contribution in [-0.4, -0.2) is 17.1 Å². The molecule has 0 aromatic heterocycles. The van der Waals surface area contributed by atoms with Crippen LogP contribution in [-0.2, 0) is 16.0 Å². The topological polar surface area (TPSA) is 73.2 Å². The van der Waals surface area contributed by atoms with Crippen molar-refractivity contribution in [2.24, 2.45) is 0 Å². The van der Waals surface area contributed by atoms with E-state index in [1.165, 1.54) is 16.7 Å². The van der Waals surface area contributed by atoms with Gasteiger partial charge in [-0.25, -0.2) is 0 Å². The van der Waals surface area contributed by atoms with Gasteiger partial charge in [-0.05, 0) is 43.2 Å². The van der Waals surface area contributed by atoms with Gasteiger partial charge in [0, 0.05) is 11.4 Å². The summed E-state index contributed by atoms with van der Waals surface area (Å²) in [5.41, 5.74) is 3.22. The third-order valence-corrected chi connectivity index (χ3v) is 6.36. The molecule has 1 aliphatic rings. The molecule has 0 aliphatic carbocycles. The summed E-state index contributed by atoms with van der Waals surface area (Å²) in [7, 11) is 0. The average Bonchev–Trinajstić information content (AvgIpc) is 3.12. The summed E-state index contributed by atoms with van der Waals surface area (Å²) in [6.07, 6.45) is 0.509. The van der Waals surface area contributed by atoms with Crippen LogP contribution < -0.4 is 10.2 Å². The van der Waals surface area contributed by atoms with E-state index in [9.17, 15) is 14.9 Å². The molecule has 0 unspecified atom stereocenters. The number of carbonyl (C=O) groups is 2. The van der Waals surface area contributed by atoms with Crippen molar-refractivity contribution in [2.45, 2.75) is 18.6 Å². The molecule has 1 saturated heterocycles. The molecule has 5 nitrogen and oxygen atoms in total. The molecular formula is C26H21N3O2S. The van der Waals surface area contributed by atoms with E-state index in [0.717, 1.165) is 11.1 Å². The minimum absolute atomic E-state index is 0.0802. The molecule has 158 valence electrons. The first-order valence-electron chi connectivity index (χ1n) is 10.2. The predicted molar refractivity (Wildman–Crippen MR) is 128 cm³/mol. The molecule has 1 heterocycles. The Bertz CT molecular complexity index is 1200. The molecule has 0 bridgehead atoms. The molecule has 6 heteroatoms. The van der Waals surface area contributed by atoms with E-state index < -0.39 is 11.2 Å². The number of aryl methyl sites for hydroxylation is 1. The van der Waals surface area contributed by atoms with Crippen LogP contribution in [0.25, 0.3) is 0 Å². The van der Waals surface area contributed by atoms with Crippen LogP contribution in [0.2, 0.25) is 0 Å². The SMILES string of the molecule is Cc1ccc(N2C(=O)[C@@H](Cc3ccccc3)S/C2=C(\C#N)C(=O)Nc2ccccc2)cc1. The molecule has 3 aromatic rings. The van der Waals surface area contributed by atoms with E-state index in [-0.39, 0.29) is 11.5 Å². The average molecular weight is 440 g/mol. The third kappa shape index (κ3) is 4.58. The number of amides is 2. The first kappa shape index (κ1) is 21.4. The maximum absolute atomic E-state index is 13.4. The molecule has 1 aliphatic heterocycles. The monoisotopic (exact) mass is 439 g/mol. The lowest BCUT2D eigenvalue weighted by Gasteiger charge is -2.19. The molecule has 0 radical (unpaired) electrons. The molecule has 3 aromatic carbocycles. The summed E-state index contributed by atoms with van der Waals surface area (Å²) in [6.45, 7) is 1.97. The number of hydrogen-bond acceptors (Lipinski definition) is 4. The van der Waals surface area contributed by atoms with Crippen LogP contribution >= 0.6 is 11.8 Å². The molecule has 4 rings (SSSR count). The maximum atomic E-state index is 13.4. The van der Waals surface area contributed by atoms with Gasteiger partial charge in [-0.15, -0.1) is 0 Å². The van der Waals surface area contributed by atoms with Gasteiger partial charge in [0.2, 0.25) is 5.91 Å². The Morgan fingerprint density at radius 1 is 1.00 bits per heavy atom. The highest BCUT2D eigenvalue weighted by Gasteiger charge is 2.40. The number of nitrogens with one attached hydrogen (secondary N) is 1. The highest BCUT2D eigenvalue weighted by molar-refractivity contribution is 8.05. The summed E-state index contributed by atoms with van der Waals surface area (Å²) in [6, 6.07) is 28.2. The Morgan fingerprint density at radius 3 is 2.25 bits per heavy atom. The smallest absolute Gasteiger partial charge is 0.269 e. The molecule has 2 amide bonds. The van der Waals surface area contributed by atoms with Crippen molar-refractivity contribution in [1.29, 1.82) is 5.26 Å². The summed E-state index contributed by atoms with van der Waals surface area (Å²) in [5.74, 6) is -0.676. The number of nitriles is 1. The Labute approximate surface area is 191 Å². The molecule has 32 heavy (non-hydrogen) atoms. The highest BCUT2D eigenvalue weighted by Crippen LogP contribution is 2.42. The fourth-order valence-corrected chi connectivity index (χ4v) is 4.77. The van der Waals surface area contributed by atoms with Crippen LogP contribution in [0.4, 0.5) is 11.4 Å². The first-order chi connectivity index (χ1) is 15.6. The van der Waals surface area contributed by atoms with Crippen LogP contribution in [0.5, 0.6) is 0 Å². The van der Waals surface area contributed by atoms with Crippen molar-refractivity contribution < 1.29 is 9.59 Å². The van der Waals surface area contributed by atoms with Crippen LogP contribution in [0.3, 0.4) is 0 Å². The fourth-order valence-electron chi connectivity index (χ4n) is 3.46. The van der Waals surface area contributed by atoms with Gasteiger partial charge in [0.15, 0.2) is 0 Å². The quantitative estimate of drug-likeness (QED) is 0.445. The fraction of sp³-hybridized carbons (Fsp3) is 0.115. The van der Waals surface area contributed by atoms with Gasteiger partial charge in [-0.1, -0.05) is 78.0 Å². The Balaban J connectivity index is 1.73. The van der Waals surface area contributed by atoms with Gasteiger partial charge in [-0.2, -0.15) is 5.26 Å². The summed E-state index contributed by atoms with van der Waals surface area (Å²) in [5, 5.41) is 12.6. The zero-order valence-corrected chi connectivity index (χ0v) is 18.3. The van der Waals surface area contributed by atoms with Gasteiger partial charge in [0.25, 0.3) is 5.91 Å². The second kappa shape index (κ2) is 9.54. The first-order valence-corrected chi connectivity index (χ1v) is 11.1. The molecule has 1 fully saturated rings. The highest BCUT2D eigenvalue weighted by atomic mass is 32.2. The van der Waals surface area contributed by atoms with Crippen molar-refractivity contribution in [1.82, 2.24) is 0 Å². The van der Waals surface area contributed by atoms with Gasteiger partial charge in [0.1, 0.15) is 16.7 Å². The Kier molecular flexibility index (Phi) is 6.39. The lowest BCUT2D eigenvalue weighted by atomic mass is 10.1. The van der Waals surface area contributed by atoms with Crippen molar-refractivity contribution >= 4 is 35.0 Å². The zero-order valence-electron chi connectivity index (χ0n) is 17.5. The van der Waals surface area contributed by atoms with E-state index in [1.807, 2.05) is 73.7 Å². The van der Waals surface area contributed by atoms with E-state index >= 15 is 0 Å².